The second-order valence-corrected chi connectivity index (χ2v) is 7.27. The number of rotatable bonds is 6. The Balaban J connectivity index is 2.02. The standard InChI is InChI=1S/C19H20N4O3S/c1-12-9-13(22(2)3)5-7-15(12)20-21-19-23(11-18(24)25)16-8-6-14(26-4)10-17(16)27-19/h5-10H,11H2,1-4H3/p+1. The van der Waals surface area contributed by atoms with Crippen molar-refractivity contribution in [2.24, 2.45) is 10.2 Å². The first kappa shape index (κ1) is 18.8. The van der Waals surface area contributed by atoms with Crippen molar-refractivity contribution in [1.82, 2.24) is 0 Å². The number of carboxylic acids is 1. The van der Waals surface area contributed by atoms with Gasteiger partial charge in [0.25, 0.3) is 0 Å². The first-order valence-corrected chi connectivity index (χ1v) is 9.12. The Morgan fingerprint density at radius 2 is 2.00 bits per heavy atom. The smallest absolute Gasteiger partial charge is 0.410 e. The molecule has 8 heteroatoms. The zero-order valence-electron chi connectivity index (χ0n) is 15.6. The van der Waals surface area contributed by atoms with Gasteiger partial charge in [-0.15, -0.1) is 0 Å². The lowest BCUT2D eigenvalue weighted by molar-refractivity contribution is -0.643. The normalized spacial score (nSPS) is 11.3. The van der Waals surface area contributed by atoms with E-state index in [0.29, 0.717) is 10.9 Å². The molecule has 0 atom stereocenters. The number of azo groups is 1. The number of aryl methyl sites for hydroxylation is 1. The van der Waals surface area contributed by atoms with Gasteiger partial charge in [-0.3, -0.25) is 0 Å². The number of aliphatic carboxylic acids is 1. The molecule has 0 aliphatic carbocycles. The van der Waals surface area contributed by atoms with Crippen LogP contribution in [0.1, 0.15) is 5.56 Å². The monoisotopic (exact) mass is 385 g/mol. The molecule has 3 rings (SSSR count). The average Bonchev–Trinajstić information content (AvgIpc) is 2.96. The Morgan fingerprint density at radius 1 is 1.22 bits per heavy atom. The van der Waals surface area contributed by atoms with Gasteiger partial charge in [0.15, 0.2) is 6.54 Å². The molecule has 0 spiro atoms. The molecule has 0 amide bonds. The Hall–Kier alpha value is -3.00. The molecule has 1 heterocycles. The first-order chi connectivity index (χ1) is 12.9. The van der Waals surface area contributed by atoms with Gasteiger partial charge in [-0.1, -0.05) is 0 Å². The van der Waals surface area contributed by atoms with Gasteiger partial charge in [0.1, 0.15) is 17.0 Å². The minimum atomic E-state index is -0.932. The maximum Gasteiger partial charge on any atom is 0.410 e. The quantitative estimate of drug-likeness (QED) is 0.512. The van der Waals surface area contributed by atoms with Gasteiger partial charge in [0.05, 0.1) is 16.9 Å². The lowest BCUT2D eigenvalue weighted by atomic mass is 10.2. The fourth-order valence-electron chi connectivity index (χ4n) is 2.67. The number of carboxylic acid groups (broad SMARTS) is 1. The predicted octanol–water partition coefficient (Wildman–Crippen LogP) is 4.07. The van der Waals surface area contributed by atoms with Crippen molar-refractivity contribution in [1.29, 1.82) is 0 Å². The summed E-state index contributed by atoms with van der Waals surface area (Å²) in [6, 6.07) is 11.4. The van der Waals surface area contributed by atoms with E-state index >= 15 is 0 Å². The highest BCUT2D eigenvalue weighted by Gasteiger charge is 2.22. The molecule has 1 N–H and O–H groups in total. The van der Waals surface area contributed by atoms with Crippen LogP contribution < -0.4 is 14.2 Å². The van der Waals surface area contributed by atoms with Crippen LogP contribution in [0.25, 0.3) is 10.2 Å². The van der Waals surface area contributed by atoms with Crippen LogP contribution in [0.4, 0.5) is 16.5 Å². The SMILES string of the molecule is COc1ccc2c(c1)sc(N=Nc1ccc(N(C)C)cc1C)[n+]2CC(=O)O. The Morgan fingerprint density at radius 3 is 2.63 bits per heavy atom. The molecule has 27 heavy (non-hydrogen) atoms. The zero-order valence-corrected chi connectivity index (χ0v) is 16.4. The molecule has 0 aliphatic rings. The van der Waals surface area contributed by atoms with E-state index in [-0.39, 0.29) is 6.54 Å². The minimum Gasteiger partial charge on any atom is -0.497 e. The van der Waals surface area contributed by atoms with E-state index in [2.05, 4.69) is 10.2 Å². The molecule has 2 aromatic carbocycles. The third-order valence-electron chi connectivity index (χ3n) is 4.12. The second kappa shape index (κ2) is 7.71. The molecule has 3 aromatic rings. The Bertz CT molecular complexity index is 1030. The van der Waals surface area contributed by atoms with Crippen LogP contribution in [-0.2, 0) is 11.3 Å². The molecule has 7 nitrogen and oxygen atoms in total. The van der Waals surface area contributed by atoms with Crippen molar-refractivity contribution in [3.8, 4) is 5.75 Å². The summed E-state index contributed by atoms with van der Waals surface area (Å²) < 4.78 is 7.79. The number of methoxy groups -OCH3 is 1. The summed E-state index contributed by atoms with van der Waals surface area (Å²) in [6.07, 6.45) is 0. The number of anilines is 1. The van der Waals surface area contributed by atoms with E-state index < -0.39 is 5.97 Å². The van der Waals surface area contributed by atoms with E-state index in [1.807, 2.05) is 56.3 Å². The topological polar surface area (TPSA) is 78.4 Å². The van der Waals surface area contributed by atoms with Crippen molar-refractivity contribution in [3.05, 3.63) is 42.0 Å². The lowest BCUT2D eigenvalue weighted by Crippen LogP contribution is -2.36. The Kier molecular flexibility index (Phi) is 5.36. The summed E-state index contributed by atoms with van der Waals surface area (Å²) in [6.45, 7) is 1.79. The van der Waals surface area contributed by atoms with Gasteiger partial charge in [0, 0.05) is 25.8 Å². The largest absolute Gasteiger partial charge is 0.497 e. The molecule has 0 bridgehead atoms. The lowest BCUT2D eigenvalue weighted by Gasteiger charge is -2.12. The number of nitrogens with zero attached hydrogens (tertiary/aromatic N) is 4. The van der Waals surface area contributed by atoms with Gasteiger partial charge < -0.3 is 14.7 Å². The van der Waals surface area contributed by atoms with E-state index in [4.69, 9.17) is 4.74 Å². The molecule has 0 radical (unpaired) electrons. The van der Waals surface area contributed by atoms with Crippen LogP contribution in [0, 0.1) is 6.92 Å². The minimum absolute atomic E-state index is 0.181. The summed E-state index contributed by atoms with van der Waals surface area (Å²) in [4.78, 5) is 13.3. The molecule has 0 fully saturated rings. The highest BCUT2D eigenvalue weighted by molar-refractivity contribution is 7.21. The number of hydrogen-bond acceptors (Lipinski definition) is 6. The van der Waals surface area contributed by atoms with Gasteiger partial charge in [-0.2, -0.15) is 0 Å². The molecular weight excluding hydrogens is 364 g/mol. The van der Waals surface area contributed by atoms with Crippen molar-refractivity contribution in [2.45, 2.75) is 13.5 Å². The molecule has 0 aliphatic heterocycles. The highest BCUT2D eigenvalue weighted by atomic mass is 32.1. The number of ether oxygens (including phenoxy) is 1. The van der Waals surface area contributed by atoms with Crippen LogP contribution in [0.3, 0.4) is 0 Å². The van der Waals surface area contributed by atoms with Crippen LogP contribution in [0.5, 0.6) is 5.75 Å². The summed E-state index contributed by atoms with van der Waals surface area (Å²) in [5.41, 5.74) is 3.62. The van der Waals surface area contributed by atoms with Crippen molar-refractivity contribution in [3.63, 3.8) is 0 Å². The highest BCUT2D eigenvalue weighted by Crippen LogP contribution is 2.31. The molecule has 0 saturated carbocycles. The summed E-state index contributed by atoms with van der Waals surface area (Å²) in [5, 5.41) is 18.5. The van der Waals surface area contributed by atoms with Gasteiger partial charge in [0.2, 0.25) is 0 Å². The number of hydrogen-bond donors (Lipinski definition) is 1. The van der Waals surface area contributed by atoms with E-state index in [1.54, 1.807) is 17.7 Å². The molecule has 0 unspecified atom stereocenters. The fraction of sp³-hybridized carbons (Fsp3) is 0.263. The number of thiazole rings is 1. The van der Waals surface area contributed by atoms with Gasteiger partial charge in [-0.25, -0.2) is 9.36 Å². The molecule has 0 saturated heterocycles. The maximum atomic E-state index is 11.3. The van der Waals surface area contributed by atoms with E-state index in [1.165, 1.54) is 11.3 Å². The van der Waals surface area contributed by atoms with Crippen LogP contribution >= 0.6 is 11.3 Å². The van der Waals surface area contributed by atoms with Gasteiger partial charge in [-0.05, 0) is 59.3 Å². The van der Waals surface area contributed by atoms with Crippen LogP contribution in [0.2, 0.25) is 0 Å². The van der Waals surface area contributed by atoms with Crippen molar-refractivity contribution < 1.29 is 19.2 Å². The number of fused-ring (bicyclic) bond motifs is 1. The second-order valence-electron chi connectivity index (χ2n) is 6.26. The van der Waals surface area contributed by atoms with E-state index in [0.717, 1.165) is 27.2 Å². The predicted molar refractivity (Wildman–Crippen MR) is 106 cm³/mol. The van der Waals surface area contributed by atoms with Crippen LogP contribution in [-0.4, -0.2) is 32.3 Å². The zero-order chi connectivity index (χ0) is 19.6. The van der Waals surface area contributed by atoms with Crippen molar-refractivity contribution in [2.75, 3.05) is 26.1 Å². The molecule has 140 valence electrons. The van der Waals surface area contributed by atoms with Gasteiger partial charge >= 0.3 is 11.1 Å². The summed E-state index contributed by atoms with van der Waals surface area (Å²) >= 11 is 1.38. The molecular formula is C19H21N4O3S+. The summed E-state index contributed by atoms with van der Waals surface area (Å²) in [7, 11) is 5.56. The first-order valence-electron chi connectivity index (χ1n) is 8.31. The van der Waals surface area contributed by atoms with Crippen molar-refractivity contribution >= 4 is 44.0 Å². The Labute approximate surface area is 161 Å². The number of benzene rings is 2. The third-order valence-corrected chi connectivity index (χ3v) is 5.15. The number of carbonyl (C=O) groups is 1. The maximum absolute atomic E-state index is 11.3. The van der Waals surface area contributed by atoms with Crippen LogP contribution in [0.15, 0.2) is 46.6 Å². The number of aromatic nitrogens is 1. The molecule has 1 aromatic heterocycles. The third kappa shape index (κ3) is 4.06. The van der Waals surface area contributed by atoms with E-state index in [9.17, 15) is 9.90 Å². The summed E-state index contributed by atoms with van der Waals surface area (Å²) in [5.74, 6) is -0.219. The average molecular weight is 385 g/mol. The fourth-order valence-corrected chi connectivity index (χ4v) is 3.68.